The van der Waals surface area contributed by atoms with Crippen LogP contribution in [0.15, 0.2) is 49.1 Å². The first-order valence-corrected chi connectivity index (χ1v) is 9.79. The van der Waals surface area contributed by atoms with Crippen LogP contribution in [0.5, 0.6) is 0 Å². The van der Waals surface area contributed by atoms with Gasteiger partial charge in [0.05, 0.1) is 12.0 Å². The van der Waals surface area contributed by atoms with E-state index in [0.717, 1.165) is 61.9 Å². The van der Waals surface area contributed by atoms with Crippen LogP contribution in [-0.4, -0.2) is 68.6 Å². The summed E-state index contributed by atoms with van der Waals surface area (Å²) in [4.78, 5) is 17.6. The maximum Gasteiger partial charge on any atom is 0.156 e. The highest BCUT2D eigenvalue weighted by atomic mass is 15.3. The average molecular weight is 364 g/mol. The number of aromatic nitrogens is 4. The van der Waals surface area contributed by atoms with E-state index in [9.17, 15) is 0 Å². The Morgan fingerprint density at radius 3 is 2.52 bits per heavy atom. The Labute approximate surface area is 160 Å². The molecule has 1 aliphatic rings. The molecule has 6 nitrogen and oxygen atoms in total. The Bertz CT molecular complexity index is 831. The van der Waals surface area contributed by atoms with Gasteiger partial charge in [0.15, 0.2) is 5.82 Å². The Morgan fingerprint density at radius 1 is 1.07 bits per heavy atom. The summed E-state index contributed by atoms with van der Waals surface area (Å²) >= 11 is 0. The molecule has 6 heteroatoms. The van der Waals surface area contributed by atoms with Crippen LogP contribution in [0, 0.1) is 0 Å². The Balaban J connectivity index is 1.65. The van der Waals surface area contributed by atoms with Crippen molar-refractivity contribution in [1.82, 2.24) is 29.3 Å². The van der Waals surface area contributed by atoms with E-state index in [0.29, 0.717) is 6.04 Å². The maximum absolute atomic E-state index is 4.76. The van der Waals surface area contributed by atoms with Gasteiger partial charge in [0.25, 0.3) is 0 Å². The fourth-order valence-corrected chi connectivity index (χ4v) is 3.89. The van der Waals surface area contributed by atoms with E-state index >= 15 is 0 Å². The molecule has 3 aromatic rings. The first kappa shape index (κ1) is 17.9. The SMILES string of the molecule is CC[C@H](Cn1cnc(-c2ccccc2)c1-c1ncc[nH]1)N1CCN(C)CC1. The maximum atomic E-state index is 4.76. The molecular weight excluding hydrogens is 336 g/mol. The molecule has 0 amide bonds. The molecule has 2 aromatic heterocycles. The summed E-state index contributed by atoms with van der Waals surface area (Å²) in [5.41, 5.74) is 3.17. The van der Waals surface area contributed by atoms with Crippen LogP contribution in [0.1, 0.15) is 13.3 Å². The van der Waals surface area contributed by atoms with E-state index < -0.39 is 0 Å². The number of likely N-dealkylation sites (N-methyl/N-ethyl adjacent to an activating group) is 1. The predicted octanol–water partition coefficient (Wildman–Crippen LogP) is 2.97. The van der Waals surface area contributed by atoms with Gasteiger partial charge in [-0.1, -0.05) is 37.3 Å². The van der Waals surface area contributed by atoms with Crippen molar-refractivity contribution in [3.63, 3.8) is 0 Å². The van der Waals surface area contributed by atoms with Crippen LogP contribution in [0.4, 0.5) is 0 Å². The lowest BCUT2D eigenvalue weighted by Crippen LogP contribution is -2.50. The molecule has 0 aliphatic carbocycles. The van der Waals surface area contributed by atoms with E-state index in [2.05, 4.69) is 62.6 Å². The van der Waals surface area contributed by atoms with Gasteiger partial charge in [-0.3, -0.25) is 4.90 Å². The predicted molar refractivity (Wildman–Crippen MR) is 108 cm³/mol. The normalized spacial score (nSPS) is 17.3. The summed E-state index contributed by atoms with van der Waals surface area (Å²) in [5.74, 6) is 0.875. The second-order valence-electron chi connectivity index (χ2n) is 7.30. The average Bonchev–Trinajstić information content (AvgIpc) is 3.37. The minimum atomic E-state index is 0.505. The van der Waals surface area contributed by atoms with Crippen LogP contribution < -0.4 is 0 Å². The summed E-state index contributed by atoms with van der Waals surface area (Å²) in [6, 6.07) is 10.9. The van der Waals surface area contributed by atoms with Crippen molar-refractivity contribution in [3.8, 4) is 22.8 Å². The smallest absolute Gasteiger partial charge is 0.156 e. The summed E-state index contributed by atoms with van der Waals surface area (Å²) in [7, 11) is 2.20. The van der Waals surface area contributed by atoms with Crippen molar-refractivity contribution in [2.75, 3.05) is 33.2 Å². The molecule has 0 saturated carbocycles. The van der Waals surface area contributed by atoms with Crippen molar-refractivity contribution in [2.45, 2.75) is 25.9 Å². The van der Waals surface area contributed by atoms with Gasteiger partial charge in [-0.05, 0) is 13.5 Å². The fourth-order valence-electron chi connectivity index (χ4n) is 3.89. The molecule has 4 rings (SSSR count). The Hall–Kier alpha value is -2.44. The van der Waals surface area contributed by atoms with Gasteiger partial charge in [0, 0.05) is 56.7 Å². The standard InChI is InChI=1S/C21H28N6/c1-3-18(26-13-11-25(2)12-14-26)15-27-16-24-19(17-7-5-4-6-8-17)20(27)21-22-9-10-23-21/h4-10,16,18H,3,11-15H2,1-2H3,(H,22,23)/t18-/m1/s1. The van der Waals surface area contributed by atoms with Crippen LogP contribution in [-0.2, 0) is 6.54 Å². The van der Waals surface area contributed by atoms with E-state index in [1.807, 2.05) is 18.6 Å². The minimum Gasteiger partial charge on any atom is -0.343 e. The highest BCUT2D eigenvalue weighted by molar-refractivity contribution is 5.75. The van der Waals surface area contributed by atoms with Crippen LogP contribution in [0.2, 0.25) is 0 Å². The third-order valence-electron chi connectivity index (χ3n) is 5.54. The molecule has 0 unspecified atom stereocenters. The number of hydrogen-bond acceptors (Lipinski definition) is 4. The number of nitrogens with one attached hydrogen (secondary N) is 1. The first-order chi connectivity index (χ1) is 13.3. The van der Waals surface area contributed by atoms with Gasteiger partial charge in [0.2, 0.25) is 0 Å². The van der Waals surface area contributed by atoms with Crippen molar-refractivity contribution < 1.29 is 0 Å². The number of aromatic amines is 1. The zero-order valence-electron chi connectivity index (χ0n) is 16.2. The Kier molecular flexibility index (Phi) is 5.36. The second-order valence-corrected chi connectivity index (χ2v) is 7.30. The zero-order valence-corrected chi connectivity index (χ0v) is 16.2. The quantitative estimate of drug-likeness (QED) is 0.731. The second kappa shape index (κ2) is 8.06. The molecule has 1 N–H and O–H groups in total. The molecule has 1 aromatic carbocycles. The number of piperazine rings is 1. The third kappa shape index (κ3) is 3.82. The lowest BCUT2D eigenvalue weighted by molar-refractivity contribution is 0.100. The molecule has 1 aliphatic heterocycles. The van der Waals surface area contributed by atoms with Crippen molar-refractivity contribution in [1.29, 1.82) is 0 Å². The van der Waals surface area contributed by atoms with Crippen molar-refractivity contribution >= 4 is 0 Å². The molecule has 1 atom stereocenters. The molecule has 27 heavy (non-hydrogen) atoms. The van der Waals surface area contributed by atoms with Gasteiger partial charge >= 0.3 is 0 Å². The number of benzene rings is 1. The number of hydrogen-bond donors (Lipinski definition) is 1. The fraction of sp³-hybridized carbons (Fsp3) is 0.429. The Morgan fingerprint density at radius 2 is 1.85 bits per heavy atom. The van der Waals surface area contributed by atoms with E-state index in [-0.39, 0.29) is 0 Å². The largest absolute Gasteiger partial charge is 0.343 e. The van der Waals surface area contributed by atoms with Crippen LogP contribution in [0.3, 0.4) is 0 Å². The molecule has 1 saturated heterocycles. The van der Waals surface area contributed by atoms with E-state index in [1.165, 1.54) is 0 Å². The van der Waals surface area contributed by atoms with Crippen LogP contribution in [0.25, 0.3) is 22.8 Å². The summed E-state index contributed by atoms with van der Waals surface area (Å²) < 4.78 is 2.27. The lowest BCUT2D eigenvalue weighted by atomic mass is 10.1. The highest BCUT2D eigenvalue weighted by Crippen LogP contribution is 2.29. The van der Waals surface area contributed by atoms with E-state index in [1.54, 1.807) is 6.20 Å². The first-order valence-electron chi connectivity index (χ1n) is 9.79. The molecule has 0 spiro atoms. The van der Waals surface area contributed by atoms with Gasteiger partial charge < -0.3 is 14.5 Å². The number of imidazole rings is 2. The minimum absolute atomic E-state index is 0.505. The summed E-state index contributed by atoms with van der Waals surface area (Å²) in [5, 5.41) is 0. The molecule has 0 bridgehead atoms. The van der Waals surface area contributed by atoms with E-state index in [4.69, 9.17) is 4.98 Å². The van der Waals surface area contributed by atoms with Gasteiger partial charge in [-0.15, -0.1) is 0 Å². The van der Waals surface area contributed by atoms with Crippen molar-refractivity contribution in [2.24, 2.45) is 0 Å². The van der Waals surface area contributed by atoms with Crippen LogP contribution >= 0.6 is 0 Å². The van der Waals surface area contributed by atoms with Gasteiger partial charge in [-0.25, -0.2) is 9.97 Å². The summed E-state index contributed by atoms with van der Waals surface area (Å²) in [6.45, 7) is 7.75. The van der Waals surface area contributed by atoms with Gasteiger partial charge in [0.1, 0.15) is 5.69 Å². The third-order valence-corrected chi connectivity index (χ3v) is 5.54. The van der Waals surface area contributed by atoms with Gasteiger partial charge in [-0.2, -0.15) is 0 Å². The monoisotopic (exact) mass is 364 g/mol. The topological polar surface area (TPSA) is 53.0 Å². The number of rotatable bonds is 6. The molecular formula is C21H28N6. The molecule has 0 radical (unpaired) electrons. The molecule has 3 heterocycles. The molecule has 1 fully saturated rings. The summed E-state index contributed by atoms with van der Waals surface area (Å²) in [6.07, 6.45) is 6.78. The zero-order chi connectivity index (χ0) is 18.6. The number of nitrogens with zero attached hydrogens (tertiary/aromatic N) is 5. The highest BCUT2D eigenvalue weighted by Gasteiger charge is 2.24. The van der Waals surface area contributed by atoms with Crippen molar-refractivity contribution in [3.05, 3.63) is 49.1 Å². The number of H-pyrrole nitrogens is 1. The molecule has 142 valence electrons. The lowest BCUT2D eigenvalue weighted by Gasteiger charge is -2.38.